The molecule has 7 heteroatoms. The third kappa shape index (κ3) is 4.04. The SMILES string of the molecule is COc1ccnc(C(=O)Nc2cccc(Oc3ccc(Cl)cc3)c2)c1O. The zero-order valence-electron chi connectivity index (χ0n) is 13.8. The van der Waals surface area contributed by atoms with Crippen LogP contribution in [0.4, 0.5) is 5.69 Å². The number of nitrogens with one attached hydrogen (secondary N) is 1. The highest BCUT2D eigenvalue weighted by Gasteiger charge is 2.17. The first-order valence-corrected chi connectivity index (χ1v) is 8.01. The fraction of sp³-hybridized carbons (Fsp3) is 0.0526. The zero-order valence-corrected chi connectivity index (χ0v) is 14.5. The van der Waals surface area contributed by atoms with Crippen molar-refractivity contribution >= 4 is 23.2 Å². The number of carbonyl (C=O) groups is 1. The predicted octanol–water partition coefficient (Wildman–Crippen LogP) is 4.49. The molecule has 1 aromatic heterocycles. The third-order valence-corrected chi connectivity index (χ3v) is 3.72. The van der Waals surface area contributed by atoms with Crippen LogP contribution in [0, 0.1) is 0 Å². The van der Waals surface area contributed by atoms with Gasteiger partial charge in [-0.05, 0) is 36.4 Å². The molecule has 0 spiro atoms. The highest BCUT2D eigenvalue weighted by Crippen LogP contribution is 2.29. The van der Waals surface area contributed by atoms with Crippen LogP contribution in [0.5, 0.6) is 23.0 Å². The first-order valence-electron chi connectivity index (χ1n) is 7.63. The summed E-state index contributed by atoms with van der Waals surface area (Å²) in [4.78, 5) is 16.3. The molecule has 0 aliphatic heterocycles. The molecule has 0 bridgehead atoms. The lowest BCUT2D eigenvalue weighted by Gasteiger charge is -2.10. The monoisotopic (exact) mass is 370 g/mol. The van der Waals surface area contributed by atoms with Gasteiger partial charge >= 0.3 is 0 Å². The number of amides is 1. The number of benzene rings is 2. The molecule has 0 aliphatic rings. The van der Waals surface area contributed by atoms with E-state index < -0.39 is 5.91 Å². The number of ether oxygens (including phenoxy) is 2. The van der Waals surface area contributed by atoms with E-state index in [1.807, 2.05) is 0 Å². The van der Waals surface area contributed by atoms with Crippen LogP contribution in [-0.2, 0) is 0 Å². The molecule has 0 atom stereocenters. The van der Waals surface area contributed by atoms with Gasteiger partial charge in [-0.2, -0.15) is 0 Å². The summed E-state index contributed by atoms with van der Waals surface area (Å²) >= 11 is 5.85. The standard InChI is InChI=1S/C19H15ClN2O4/c1-25-16-9-10-21-17(18(16)23)19(24)22-13-3-2-4-15(11-13)26-14-7-5-12(20)6-8-14/h2-11,23H,1H3,(H,22,24). The van der Waals surface area contributed by atoms with Gasteiger partial charge in [-0.3, -0.25) is 4.79 Å². The van der Waals surface area contributed by atoms with Crippen molar-refractivity contribution in [3.05, 3.63) is 71.5 Å². The molecule has 132 valence electrons. The van der Waals surface area contributed by atoms with Crippen LogP contribution in [0.25, 0.3) is 0 Å². The molecule has 2 aromatic carbocycles. The van der Waals surface area contributed by atoms with E-state index in [2.05, 4.69) is 10.3 Å². The van der Waals surface area contributed by atoms with Crippen LogP contribution >= 0.6 is 11.6 Å². The summed E-state index contributed by atoms with van der Waals surface area (Å²) in [7, 11) is 1.40. The van der Waals surface area contributed by atoms with Crippen molar-refractivity contribution in [1.29, 1.82) is 0 Å². The number of hydrogen-bond donors (Lipinski definition) is 2. The quantitative estimate of drug-likeness (QED) is 0.691. The molecule has 0 saturated carbocycles. The van der Waals surface area contributed by atoms with Crippen LogP contribution in [0.1, 0.15) is 10.5 Å². The first kappa shape index (κ1) is 17.6. The number of methoxy groups -OCH3 is 1. The number of aromatic hydroxyl groups is 1. The molecule has 0 radical (unpaired) electrons. The summed E-state index contributed by atoms with van der Waals surface area (Å²) in [5.74, 6) is 0.439. The lowest BCUT2D eigenvalue weighted by molar-refractivity contribution is 0.101. The maximum absolute atomic E-state index is 12.4. The van der Waals surface area contributed by atoms with Gasteiger partial charge in [0, 0.05) is 29.0 Å². The largest absolute Gasteiger partial charge is 0.503 e. The van der Waals surface area contributed by atoms with E-state index in [1.54, 1.807) is 48.5 Å². The Morgan fingerprint density at radius 3 is 2.62 bits per heavy atom. The smallest absolute Gasteiger partial charge is 0.278 e. The average molecular weight is 371 g/mol. The molecule has 3 aromatic rings. The Balaban J connectivity index is 1.76. The molecular weight excluding hydrogens is 356 g/mol. The number of rotatable bonds is 5. The summed E-state index contributed by atoms with van der Waals surface area (Å²) in [6.07, 6.45) is 1.38. The minimum absolute atomic E-state index is 0.131. The summed E-state index contributed by atoms with van der Waals surface area (Å²) in [5.41, 5.74) is 0.360. The van der Waals surface area contributed by atoms with E-state index in [9.17, 15) is 9.90 Å². The molecule has 6 nitrogen and oxygen atoms in total. The highest BCUT2D eigenvalue weighted by atomic mass is 35.5. The van der Waals surface area contributed by atoms with Crippen LogP contribution in [0.15, 0.2) is 60.8 Å². The fourth-order valence-electron chi connectivity index (χ4n) is 2.23. The van der Waals surface area contributed by atoms with Gasteiger partial charge in [0.05, 0.1) is 7.11 Å². The van der Waals surface area contributed by atoms with E-state index in [4.69, 9.17) is 21.1 Å². The molecule has 0 fully saturated rings. The molecule has 0 unspecified atom stereocenters. The van der Waals surface area contributed by atoms with Crippen LogP contribution in [-0.4, -0.2) is 23.1 Å². The Labute approximate surface area is 155 Å². The van der Waals surface area contributed by atoms with Crippen molar-refractivity contribution in [3.63, 3.8) is 0 Å². The van der Waals surface area contributed by atoms with Crippen LogP contribution in [0.2, 0.25) is 5.02 Å². The van der Waals surface area contributed by atoms with Crippen molar-refractivity contribution in [2.45, 2.75) is 0 Å². The predicted molar refractivity (Wildman–Crippen MR) is 98.4 cm³/mol. The minimum atomic E-state index is -0.565. The fourth-order valence-corrected chi connectivity index (χ4v) is 2.36. The molecule has 26 heavy (non-hydrogen) atoms. The van der Waals surface area contributed by atoms with Gasteiger partial charge in [-0.15, -0.1) is 0 Å². The molecule has 1 heterocycles. The van der Waals surface area contributed by atoms with Crippen molar-refractivity contribution in [1.82, 2.24) is 4.98 Å². The number of halogens is 1. The summed E-state index contributed by atoms with van der Waals surface area (Å²) in [5, 5.41) is 13.3. The zero-order chi connectivity index (χ0) is 18.5. The van der Waals surface area contributed by atoms with E-state index >= 15 is 0 Å². The van der Waals surface area contributed by atoms with Gasteiger partial charge in [-0.25, -0.2) is 4.98 Å². The second kappa shape index (κ2) is 7.76. The summed E-state index contributed by atoms with van der Waals surface area (Å²) in [6.45, 7) is 0. The Kier molecular flexibility index (Phi) is 5.24. The Morgan fingerprint density at radius 1 is 1.12 bits per heavy atom. The number of pyridine rings is 1. The van der Waals surface area contributed by atoms with Crippen molar-refractivity contribution in [2.75, 3.05) is 12.4 Å². The topological polar surface area (TPSA) is 80.7 Å². The van der Waals surface area contributed by atoms with Crippen LogP contribution < -0.4 is 14.8 Å². The van der Waals surface area contributed by atoms with Crippen molar-refractivity contribution in [3.8, 4) is 23.0 Å². The minimum Gasteiger partial charge on any atom is -0.503 e. The normalized spacial score (nSPS) is 10.2. The number of hydrogen-bond acceptors (Lipinski definition) is 5. The number of anilines is 1. The van der Waals surface area contributed by atoms with Gasteiger partial charge < -0.3 is 19.9 Å². The second-order valence-electron chi connectivity index (χ2n) is 5.25. The van der Waals surface area contributed by atoms with Crippen molar-refractivity contribution < 1.29 is 19.4 Å². The molecule has 3 rings (SSSR count). The maximum atomic E-state index is 12.4. The Hall–Kier alpha value is -3.25. The molecule has 0 aliphatic carbocycles. The van der Waals surface area contributed by atoms with E-state index in [0.717, 1.165) is 0 Å². The molecule has 0 saturated heterocycles. The number of nitrogens with zero attached hydrogens (tertiary/aromatic N) is 1. The van der Waals surface area contributed by atoms with Gasteiger partial charge in [0.1, 0.15) is 11.5 Å². The average Bonchev–Trinajstić information content (AvgIpc) is 2.64. The van der Waals surface area contributed by atoms with Gasteiger partial charge in [0.25, 0.3) is 5.91 Å². The molecule has 2 N–H and O–H groups in total. The number of carbonyl (C=O) groups excluding carboxylic acids is 1. The van der Waals surface area contributed by atoms with E-state index in [0.29, 0.717) is 22.2 Å². The maximum Gasteiger partial charge on any atom is 0.278 e. The number of aromatic nitrogens is 1. The summed E-state index contributed by atoms with van der Waals surface area (Å²) in [6, 6.07) is 15.2. The van der Waals surface area contributed by atoms with Gasteiger partial charge in [0.15, 0.2) is 17.2 Å². The second-order valence-corrected chi connectivity index (χ2v) is 5.68. The molecular formula is C19H15ClN2O4. The van der Waals surface area contributed by atoms with Gasteiger partial charge in [0.2, 0.25) is 0 Å². The highest BCUT2D eigenvalue weighted by molar-refractivity contribution is 6.30. The summed E-state index contributed by atoms with van der Waals surface area (Å²) < 4.78 is 10.7. The van der Waals surface area contributed by atoms with Crippen molar-refractivity contribution in [2.24, 2.45) is 0 Å². The van der Waals surface area contributed by atoms with E-state index in [-0.39, 0.29) is 17.2 Å². The van der Waals surface area contributed by atoms with Gasteiger partial charge in [-0.1, -0.05) is 17.7 Å². The Bertz CT molecular complexity index is 929. The lowest BCUT2D eigenvalue weighted by atomic mass is 10.2. The lowest BCUT2D eigenvalue weighted by Crippen LogP contribution is -2.14. The third-order valence-electron chi connectivity index (χ3n) is 3.46. The van der Waals surface area contributed by atoms with E-state index in [1.165, 1.54) is 19.4 Å². The first-order chi connectivity index (χ1) is 12.6. The van der Waals surface area contributed by atoms with Crippen LogP contribution in [0.3, 0.4) is 0 Å². The molecule has 1 amide bonds. The Morgan fingerprint density at radius 2 is 1.88 bits per heavy atom.